The average molecular weight is 197 g/mol. The van der Waals surface area contributed by atoms with E-state index in [0.717, 1.165) is 12.0 Å². The van der Waals surface area contributed by atoms with Crippen LogP contribution in [0, 0.1) is 0 Å². The predicted molar refractivity (Wildman–Crippen MR) is 58.4 cm³/mol. The molecule has 0 radical (unpaired) electrons. The fourth-order valence-corrected chi connectivity index (χ4v) is 1.46. The molecule has 0 aliphatic rings. The van der Waals surface area contributed by atoms with E-state index in [9.17, 15) is 4.79 Å². The molecule has 0 bridgehead atoms. The average Bonchev–Trinajstić information content (AvgIpc) is 2.17. The molecule has 1 atom stereocenters. The van der Waals surface area contributed by atoms with Crippen molar-refractivity contribution >= 4 is 12.6 Å². The quantitative estimate of drug-likeness (QED) is 0.738. The minimum Gasteiger partial charge on any atom is -0.313 e. The lowest BCUT2D eigenvalue weighted by atomic mass is 10.2. The summed E-state index contributed by atoms with van der Waals surface area (Å²) in [4.78, 5) is 11.7. The lowest BCUT2D eigenvalue weighted by Gasteiger charge is -2.13. The Morgan fingerprint density at radius 3 is 2.85 bits per heavy atom. The molecule has 0 amide bonds. The van der Waals surface area contributed by atoms with E-state index in [0.29, 0.717) is 5.75 Å². The second-order valence-corrected chi connectivity index (χ2v) is 3.48. The van der Waals surface area contributed by atoms with Crippen molar-refractivity contribution in [2.75, 3.05) is 0 Å². The van der Waals surface area contributed by atoms with E-state index >= 15 is 0 Å². The molecule has 72 valence electrons. The molecule has 0 spiro atoms. The normalized spacial score (nSPS) is 12.8. The molecule has 0 fully saturated rings. The highest BCUT2D eigenvalue weighted by atomic mass is 32.1. The first kappa shape index (κ1) is 10.4. The third-order valence-electron chi connectivity index (χ3n) is 2.29. The zero-order chi connectivity index (χ0) is 9.84. The number of thiol groups is 1. The van der Waals surface area contributed by atoms with E-state index < -0.39 is 0 Å². The predicted octanol–water partition coefficient (Wildman–Crippen LogP) is 2.25. The minimum absolute atomic E-state index is 0.0897. The molecule has 13 heavy (non-hydrogen) atoms. The van der Waals surface area contributed by atoms with Gasteiger partial charge in [-0.05, 0) is 19.4 Å². The van der Waals surface area contributed by atoms with Gasteiger partial charge < -0.3 is 4.57 Å². The maximum atomic E-state index is 11.7. The number of rotatable bonds is 3. The van der Waals surface area contributed by atoms with Gasteiger partial charge in [0.25, 0.3) is 5.56 Å². The zero-order valence-corrected chi connectivity index (χ0v) is 8.92. The maximum Gasteiger partial charge on any atom is 0.254 e. The van der Waals surface area contributed by atoms with Crippen LogP contribution in [0.5, 0.6) is 0 Å². The van der Waals surface area contributed by atoms with Gasteiger partial charge in [0.2, 0.25) is 0 Å². The molecular formula is C10H15NOS. The first-order valence-corrected chi connectivity index (χ1v) is 5.14. The van der Waals surface area contributed by atoms with Gasteiger partial charge in [-0.1, -0.05) is 13.0 Å². The second-order valence-electron chi connectivity index (χ2n) is 3.16. The van der Waals surface area contributed by atoms with Crippen LogP contribution in [0.1, 0.15) is 31.9 Å². The topological polar surface area (TPSA) is 22.0 Å². The number of hydrogen-bond acceptors (Lipinski definition) is 2. The van der Waals surface area contributed by atoms with Crippen LogP contribution in [0.25, 0.3) is 0 Å². The third kappa shape index (κ3) is 2.15. The van der Waals surface area contributed by atoms with Crippen molar-refractivity contribution < 1.29 is 0 Å². The zero-order valence-electron chi connectivity index (χ0n) is 8.03. The first-order chi connectivity index (χ1) is 6.20. The van der Waals surface area contributed by atoms with Crippen LogP contribution in [-0.4, -0.2) is 4.57 Å². The number of nitrogens with zero attached hydrogens (tertiary/aromatic N) is 1. The van der Waals surface area contributed by atoms with Crippen LogP contribution < -0.4 is 5.56 Å². The molecule has 1 aromatic heterocycles. The highest BCUT2D eigenvalue weighted by Gasteiger charge is 2.05. The van der Waals surface area contributed by atoms with Crippen LogP contribution in [0.2, 0.25) is 0 Å². The Kier molecular flexibility index (Phi) is 3.60. The number of aromatic nitrogens is 1. The Balaban J connectivity index is 3.16. The molecule has 1 aromatic rings. The van der Waals surface area contributed by atoms with Crippen molar-refractivity contribution in [3.63, 3.8) is 0 Å². The summed E-state index contributed by atoms with van der Waals surface area (Å²) in [6, 6.07) is 4.00. The van der Waals surface area contributed by atoms with E-state index in [-0.39, 0.29) is 11.6 Å². The highest BCUT2D eigenvalue weighted by molar-refractivity contribution is 7.79. The smallest absolute Gasteiger partial charge is 0.254 e. The Hall–Kier alpha value is -0.700. The molecule has 1 rings (SSSR count). The molecule has 0 N–H and O–H groups in total. The van der Waals surface area contributed by atoms with Gasteiger partial charge in [-0.3, -0.25) is 4.79 Å². The van der Waals surface area contributed by atoms with Crippen LogP contribution in [0.4, 0.5) is 0 Å². The summed E-state index contributed by atoms with van der Waals surface area (Å²) in [5.41, 5.74) is 0.859. The van der Waals surface area contributed by atoms with Crippen LogP contribution in [-0.2, 0) is 5.75 Å². The van der Waals surface area contributed by atoms with E-state index in [1.54, 1.807) is 4.57 Å². The number of hydrogen-bond donors (Lipinski definition) is 1. The molecule has 0 aliphatic carbocycles. The van der Waals surface area contributed by atoms with E-state index in [1.165, 1.54) is 0 Å². The molecule has 0 aromatic carbocycles. The molecule has 0 saturated heterocycles. The van der Waals surface area contributed by atoms with E-state index in [4.69, 9.17) is 0 Å². The van der Waals surface area contributed by atoms with Crippen molar-refractivity contribution in [2.24, 2.45) is 0 Å². The van der Waals surface area contributed by atoms with E-state index in [2.05, 4.69) is 19.6 Å². The summed E-state index contributed by atoms with van der Waals surface area (Å²) in [5, 5.41) is 0. The van der Waals surface area contributed by atoms with Crippen molar-refractivity contribution in [3.8, 4) is 0 Å². The second kappa shape index (κ2) is 4.51. The lowest BCUT2D eigenvalue weighted by molar-refractivity contribution is 0.512. The Morgan fingerprint density at radius 1 is 1.62 bits per heavy atom. The van der Waals surface area contributed by atoms with Crippen molar-refractivity contribution in [1.29, 1.82) is 0 Å². The first-order valence-electron chi connectivity index (χ1n) is 4.51. The standard InChI is InChI=1S/C10H15NOS/c1-3-8(2)11-6-4-5-9(7-13)10(11)12/h4-6,8,13H,3,7H2,1-2H3. The summed E-state index contributed by atoms with van der Waals surface area (Å²) >= 11 is 4.11. The molecule has 1 heterocycles. The van der Waals surface area contributed by atoms with Crippen LogP contribution in [0.15, 0.2) is 23.1 Å². The Bertz CT molecular complexity index is 332. The minimum atomic E-state index is 0.0897. The molecule has 2 nitrogen and oxygen atoms in total. The number of pyridine rings is 1. The summed E-state index contributed by atoms with van der Waals surface area (Å²) in [6.07, 6.45) is 2.80. The maximum absolute atomic E-state index is 11.7. The van der Waals surface area contributed by atoms with Crippen molar-refractivity contribution in [3.05, 3.63) is 34.2 Å². The van der Waals surface area contributed by atoms with Crippen LogP contribution >= 0.6 is 12.6 Å². The lowest BCUT2D eigenvalue weighted by Crippen LogP contribution is -2.24. The highest BCUT2D eigenvalue weighted by Crippen LogP contribution is 2.07. The molecule has 3 heteroatoms. The van der Waals surface area contributed by atoms with Gasteiger partial charge >= 0.3 is 0 Å². The van der Waals surface area contributed by atoms with Gasteiger partial charge in [0, 0.05) is 23.6 Å². The fourth-order valence-electron chi connectivity index (χ4n) is 1.22. The van der Waals surface area contributed by atoms with Gasteiger partial charge in [0.05, 0.1) is 0 Å². The Labute approximate surface area is 84.0 Å². The van der Waals surface area contributed by atoms with Crippen molar-refractivity contribution in [1.82, 2.24) is 4.57 Å². The third-order valence-corrected chi connectivity index (χ3v) is 2.63. The molecule has 1 unspecified atom stereocenters. The van der Waals surface area contributed by atoms with Gasteiger partial charge in [-0.2, -0.15) is 12.6 Å². The fraction of sp³-hybridized carbons (Fsp3) is 0.500. The SMILES string of the molecule is CCC(C)n1cccc(CS)c1=O. The molecular weight excluding hydrogens is 182 g/mol. The van der Waals surface area contributed by atoms with Gasteiger partial charge in [-0.25, -0.2) is 0 Å². The van der Waals surface area contributed by atoms with Gasteiger partial charge in [-0.15, -0.1) is 0 Å². The summed E-state index contributed by atoms with van der Waals surface area (Å²) < 4.78 is 1.77. The summed E-state index contributed by atoms with van der Waals surface area (Å²) in [5.74, 6) is 0.510. The molecule has 0 aliphatic heterocycles. The van der Waals surface area contributed by atoms with Crippen molar-refractivity contribution in [2.45, 2.75) is 32.1 Å². The van der Waals surface area contributed by atoms with Gasteiger partial charge in [0.15, 0.2) is 0 Å². The summed E-state index contributed by atoms with van der Waals surface area (Å²) in [7, 11) is 0. The largest absolute Gasteiger partial charge is 0.313 e. The monoisotopic (exact) mass is 197 g/mol. The van der Waals surface area contributed by atoms with E-state index in [1.807, 2.05) is 25.3 Å². The summed E-state index contributed by atoms with van der Waals surface area (Å²) in [6.45, 7) is 4.12. The van der Waals surface area contributed by atoms with Crippen LogP contribution in [0.3, 0.4) is 0 Å². The van der Waals surface area contributed by atoms with Gasteiger partial charge in [0.1, 0.15) is 0 Å². The Morgan fingerprint density at radius 2 is 2.31 bits per heavy atom. The molecule has 0 saturated carbocycles.